The van der Waals surface area contributed by atoms with E-state index in [1.807, 2.05) is 29.9 Å². The van der Waals surface area contributed by atoms with E-state index in [1.54, 1.807) is 13.3 Å². The van der Waals surface area contributed by atoms with Crippen LogP contribution in [0.5, 0.6) is 0 Å². The molecule has 7 heteroatoms. The number of carbonyl (C=O) groups is 2. The standard InChI is InChI=1S/C25H44N2O4.CH3Br/c1-5-7-8-9-10-11-12-13-14-15-17-26-22-27(18-6-2)19-16-24(28)30-20-21-31-25(29)23(3)4;1-2/h6,18,22H,3,5,7-17,19-21H2,1-2,4H3;1H3/b18-6-,26-22?;. The average molecular weight is 532 g/mol. The van der Waals surface area contributed by atoms with Crippen LogP contribution >= 0.6 is 15.9 Å². The number of hydrogen-bond acceptors (Lipinski definition) is 5. The Morgan fingerprint density at radius 1 is 0.939 bits per heavy atom. The van der Waals surface area contributed by atoms with Crippen molar-refractivity contribution in [1.29, 1.82) is 0 Å². The van der Waals surface area contributed by atoms with E-state index in [-0.39, 0.29) is 25.6 Å². The van der Waals surface area contributed by atoms with Crippen molar-refractivity contribution in [2.24, 2.45) is 4.99 Å². The number of hydrogen-bond donors (Lipinski definition) is 0. The Labute approximate surface area is 211 Å². The minimum absolute atomic E-state index is 0.0380. The van der Waals surface area contributed by atoms with Crippen LogP contribution < -0.4 is 0 Å². The molecule has 0 heterocycles. The van der Waals surface area contributed by atoms with Crippen molar-refractivity contribution in [3.8, 4) is 0 Å². The highest BCUT2D eigenvalue weighted by molar-refractivity contribution is 9.08. The third-order valence-electron chi connectivity index (χ3n) is 4.71. The van der Waals surface area contributed by atoms with E-state index in [0.717, 1.165) is 13.0 Å². The maximum Gasteiger partial charge on any atom is 0.333 e. The molecule has 0 aromatic rings. The van der Waals surface area contributed by atoms with Gasteiger partial charge in [0.1, 0.15) is 13.2 Å². The van der Waals surface area contributed by atoms with Gasteiger partial charge in [0, 0.05) is 24.9 Å². The van der Waals surface area contributed by atoms with E-state index < -0.39 is 5.97 Å². The quantitative estimate of drug-likeness (QED) is 0.0430. The zero-order valence-electron chi connectivity index (χ0n) is 21.5. The molecule has 0 fully saturated rings. The van der Waals surface area contributed by atoms with Gasteiger partial charge in [0.25, 0.3) is 0 Å². The van der Waals surface area contributed by atoms with Gasteiger partial charge >= 0.3 is 11.9 Å². The average Bonchev–Trinajstić information content (AvgIpc) is 2.81. The van der Waals surface area contributed by atoms with Crippen molar-refractivity contribution in [2.45, 2.75) is 91.4 Å². The number of aliphatic imine (C=N–C) groups is 1. The molecular formula is C26H47BrN2O4. The third-order valence-corrected chi connectivity index (χ3v) is 4.71. The van der Waals surface area contributed by atoms with Crippen LogP contribution in [0.2, 0.25) is 0 Å². The van der Waals surface area contributed by atoms with E-state index in [1.165, 1.54) is 57.8 Å². The molecule has 33 heavy (non-hydrogen) atoms. The summed E-state index contributed by atoms with van der Waals surface area (Å²) < 4.78 is 9.96. The number of halogens is 1. The second kappa shape index (κ2) is 26.6. The largest absolute Gasteiger partial charge is 0.462 e. The molecule has 0 unspecified atom stereocenters. The molecule has 0 atom stereocenters. The summed E-state index contributed by atoms with van der Waals surface area (Å²) in [5, 5.41) is 0. The SMILES string of the molecule is C=C(C)C(=O)OCCOC(=O)CCN(C=NCCCCCCCCCCCC)/C=C\C.CBr. The lowest BCUT2D eigenvalue weighted by atomic mass is 10.1. The first-order valence-corrected chi connectivity index (χ1v) is 13.8. The van der Waals surface area contributed by atoms with Crippen LogP contribution in [0.4, 0.5) is 0 Å². The van der Waals surface area contributed by atoms with E-state index in [0.29, 0.717) is 12.1 Å². The fourth-order valence-corrected chi connectivity index (χ4v) is 2.92. The van der Waals surface area contributed by atoms with Crippen LogP contribution in [-0.4, -0.2) is 55.3 Å². The molecule has 6 nitrogen and oxygen atoms in total. The van der Waals surface area contributed by atoms with Gasteiger partial charge in [0.05, 0.1) is 12.8 Å². The number of unbranched alkanes of at least 4 members (excludes halogenated alkanes) is 9. The van der Waals surface area contributed by atoms with Gasteiger partial charge in [-0.3, -0.25) is 9.79 Å². The molecule has 0 saturated carbocycles. The Kier molecular flexibility index (Phi) is 27.1. The van der Waals surface area contributed by atoms with E-state index in [4.69, 9.17) is 9.47 Å². The second-order valence-corrected chi connectivity index (χ2v) is 7.81. The van der Waals surface area contributed by atoms with Gasteiger partial charge in [-0.1, -0.05) is 93.3 Å². The van der Waals surface area contributed by atoms with Crippen LogP contribution in [-0.2, 0) is 19.1 Å². The Morgan fingerprint density at radius 3 is 2.03 bits per heavy atom. The molecule has 0 amide bonds. The number of rotatable bonds is 20. The summed E-state index contributed by atoms with van der Waals surface area (Å²) in [6, 6.07) is 0. The van der Waals surface area contributed by atoms with E-state index in [2.05, 4.69) is 34.4 Å². The summed E-state index contributed by atoms with van der Waals surface area (Å²) in [5.41, 5.74) is 0.324. The highest BCUT2D eigenvalue weighted by atomic mass is 79.9. The maximum absolute atomic E-state index is 11.8. The monoisotopic (exact) mass is 530 g/mol. The molecule has 0 N–H and O–H groups in total. The lowest BCUT2D eigenvalue weighted by Gasteiger charge is -2.14. The van der Waals surface area contributed by atoms with Gasteiger partial charge in [-0.2, -0.15) is 0 Å². The molecule has 0 aliphatic rings. The molecule has 0 saturated heterocycles. The maximum atomic E-state index is 11.8. The molecule has 192 valence electrons. The van der Waals surface area contributed by atoms with Gasteiger partial charge in [0.15, 0.2) is 0 Å². The smallest absolute Gasteiger partial charge is 0.333 e. The number of ether oxygens (including phenoxy) is 2. The summed E-state index contributed by atoms with van der Waals surface area (Å²) in [7, 11) is 0. The molecule has 0 aromatic carbocycles. The van der Waals surface area contributed by atoms with E-state index >= 15 is 0 Å². The van der Waals surface area contributed by atoms with Crippen LogP contribution in [0.15, 0.2) is 29.4 Å². The molecule has 0 rings (SSSR count). The lowest BCUT2D eigenvalue weighted by molar-refractivity contribution is -0.150. The highest BCUT2D eigenvalue weighted by Crippen LogP contribution is 2.10. The zero-order valence-corrected chi connectivity index (χ0v) is 23.0. The third kappa shape index (κ3) is 24.8. The van der Waals surface area contributed by atoms with Crippen molar-refractivity contribution in [3.63, 3.8) is 0 Å². The molecule has 0 bridgehead atoms. The van der Waals surface area contributed by atoms with Crippen molar-refractivity contribution in [2.75, 3.05) is 32.1 Å². The van der Waals surface area contributed by atoms with Gasteiger partial charge in [-0.05, 0) is 26.1 Å². The number of carbonyl (C=O) groups excluding carboxylic acids is 2. The number of esters is 2. The van der Waals surface area contributed by atoms with Crippen molar-refractivity contribution in [1.82, 2.24) is 4.90 Å². The predicted octanol–water partition coefficient (Wildman–Crippen LogP) is 6.83. The van der Waals surface area contributed by atoms with Gasteiger partial charge in [-0.15, -0.1) is 0 Å². The Hall–Kier alpha value is -1.63. The highest BCUT2D eigenvalue weighted by Gasteiger charge is 2.07. The Balaban J connectivity index is 0. The number of alkyl halides is 1. The Morgan fingerprint density at radius 2 is 1.48 bits per heavy atom. The minimum atomic E-state index is -0.478. The molecule has 0 aliphatic carbocycles. The van der Waals surface area contributed by atoms with Crippen LogP contribution in [0.1, 0.15) is 91.4 Å². The van der Waals surface area contributed by atoms with Gasteiger partial charge in [-0.25, -0.2) is 4.79 Å². The van der Waals surface area contributed by atoms with Crippen LogP contribution in [0, 0.1) is 0 Å². The number of nitrogens with zero attached hydrogens (tertiary/aromatic N) is 2. The van der Waals surface area contributed by atoms with Crippen LogP contribution in [0.25, 0.3) is 0 Å². The normalized spacial score (nSPS) is 10.7. The molecule has 0 spiro atoms. The molecule has 0 radical (unpaired) electrons. The fraction of sp³-hybridized carbons (Fsp3) is 0.731. The summed E-state index contributed by atoms with van der Waals surface area (Å²) in [4.78, 5) is 29.4. The summed E-state index contributed by atoms with van der Waals surface area (Å²) >= 11 is 2.94. The van der Waals surface area contributed by atoms with Gasteiger partial charge < -0.3 is 14.4 Å². The first kappa shape index (κ1) is 33.5. The van der Waals surface area contributed by atoms with Gasteiger partial charge in [0.2, 0.25) is 0 Å². The minimum Gasteiger partial charge on any atom is -0.462 e. The molecular weight excluding hydrogens is 484 g/mol. The first-order valence-electron chi connectivity index (χ1n) is 12.3. The Bertz CT molecular complexity index is 550. The van der Waals surface area contributed by atoms with Crippen molar-refractivity contribution >= 4 is 34.2 Å². The predicted molar refractivity (Wildman–Crippen MR) is 143 cm³/mol. The second-order valence-electron chi connectivity index (χ2n) is 7.81. The number of allylic oxidation sites excluding steroid dienone is 1. The fourth-order valence-electron chi connectivity index (χ4n) is 2.92. The summed E-state index contributed by atoms with van der Waals surface area (Å²) in [5.74, 6) is 1.00. The zero-order chi connectivity index (χ0) is 25.2. The summed E-state index contributed by atoms with van der Waals surface area (Å²) in [6.45, 7) is 10.6. The van der Waals surface area contributed by atoms with Crippen LogP contribution in [0.3, 0.4) is 0 Å². The molecule has 0 aliphatic heterocycles. The molecule has 0 aromatic heterocycles. The van der Waals surface area contributed by atoms with E-state index in [9.17, 15) is 9.59 Å². The topological polar surface area (TPSA) is 68.2 Å². The van der Waals surface area contributed by atoms with Crippen molar-refractivity contribution < 1.29 is 19.1 Å². The van der Waals surface area contributed by atoms with Crippen molar-refractivity contribution in [3.05, 3.63) is 24.4 Å². The summed E-state index contributed by atoms with van der Waals surface area (Å²) in [6.07, 6.45) is 18.9. The lowest BCUT2D eigenvalue weighted by Crippen LogP contribution is -2.21. The first-order chi connectivity index (χ1) is 16.0.